The fourth-order valence-electron chi connectivity index (χ4n) is 2.19. The van der Waals surface area contributed by atoms with Crippen LogP contribution in [0.5, 0.6) is 5.88 Å². The molecule has 0 radical (unpaired) electrons. The first-order chi connectivity index (χ1) is 8.33. The quantitative estimate of drug-likeness (QED) is 0.863. The molecular formula is C12H16N4O. The van der Waals surface area contributed by atoms with E-state index in [9.17, 15) is 0 Å². The van der Waals surface area contributed by atoms with Gasteiger partial charge in [-0.05, 0) is 26.3 Å². The van der Waals surface area contributed by atoms with Crippen molar-refractivity contribution in [2.24, 2.45) is 0 Å². The van der Waals surface area contributed by atoms with Gasteiger partial charge >= 0.3 is 0 Å². The molecule has 2 aromatic heterocycles. The van der Waals surface area contributed by atoms with Crippen molar-refractivity contribution in [1.82, 2.24) is 19.9 Å². The Kier molecular flexibility index (Phi) is 2.68. The third-order valence-corrected chi connectivity index (χ3v) is 3.05. The number of fused-ring (bicyclic) bond motifs is 1. The van der Waals surface area contributed by atoms with Gasteiger partial charge in [0.25, 0.3) is 0 Å². The first-order valence-corrected chi connectivity index (χ1v) is 6.00. The Morgan fingerprint density at radius 3 is 3.35 bits per heavy atom. The lowest BCUT2D eigenvalue weighted by atomic mass is 10.2. The number of nitrogens with zero attached hydrogens (tertiary/aromatic N) is 3. The summed E-state index contributed by atoms with van der Waals surface area (Å²) in [5, 5.41) is 7.63. The molecule has 3 heterocycles. The molecule has 0 saturated carbocycles. The maximum absolute atomic E-state index is 5.84. The van der Waals surface area contributed by atoms with E-state index in [-0.39, 0.29) is 0 Å². The molecule has 0 bridgehead atoms. The summed E-state index contributed by atoms with van der Waals surface area (Å²) in [5.41, 5.74) is 1.78. The Morgan fingerprint density at radius 2 is 2.53 bits per heavy atom. The molecule has 1 fully saturated rings. The molecule has 1 aliphatic rings. The van der Waals surface area contributed by atoms with Crippen molar-refractivity contribution in [2.45, 2.75) is 25.8 Å². The van der Waals surface area contributed by atoms with Crippen LogP contribution in [-0.4, -0.2) is 33.8 Å². The molecule has 0 aliphatic carbocycles. The molecule has 1 atom stereocenters. The third-order valence-electron chi connectivity index (χ3n) is 3.05. The van der Waals surface area contributed by atoms with Crippen molar-refractivity contribution in [3.8, 4) is 5.88 Å². The molecule has 5 nitrogen and oxygen atoms in total. The van der Waals surface area contributed by atoms with E-state index < -0.39 is 0 Å². The van der Waals surface area contributed by atoms with E-state index in [4.69, 9.17) is 4.74 Å². The summed E-state index contributed by atoms with van der Waals surface area (Å²) in [7, 11) is 0. The second kappa shape index (κ2) is 4.33. The van der Waals surface area contributed by atoms with Gasteiger partial charge in [0.2, 0.25) is 5.88 Å². The highest BCUT2D eigenvalue weighted by Gasteiger charge is 2.15. The van der Waals surface area contributed by atoms with Gasteiger partial charge < -0.3 is 10.1 Å². The number of nitrogens with one attached hydrogen (secondary N) is 1. The van der Waals surface area contributed by atoms with Gasteiger partial charge in [-0.3, -0.25) is 0 Å². The Balaban J connectivity index is 1.81. The van der Waals surface area contributed by atoms with Gasteiger partial charge in [-0.1, -0.05) is 0 Å². The van der Waals surface area contributed by atoms with Crippen LogP contribution in [0.25, 0.3) is 5.65 Å². The topological polar surface area (TPSA) is 51.5 Å². The molecule has 3 rings (SSSR count). The molecule has 1 unspecified atom stereocenters. The highest BCUT2D eigenvalue weighted by molar-refractivity contribution is 5.40. The van der Waals surface area contributed by atoms with E-state index in [0.29, 0.717) is 12.6 Å². The van der Waals surface area contributed by atoms with Gasteiger partial charge in [0, 0.05) is 23.9 Å². The summed E-state index contributed by atoms with van der Waals surface area (Å²) in [6, 6.07) is 4.27. The second-order valence-corrected chi connectivity index (χ2v) is 4.44. The van der Waals surface area contributed by atoms with Gasteiger partial charge in [-0.25, -0.2) is 4.98 Å². The fraction of sp³-hybridized carbons (Fsp3) is 0.500. The summed E-state index contributed by atoms with van der Waals surface area (Å²) >= 11 is 0. The summed E-state index contributed by atoms with van der Waals surface area (Å²) in [6.07, 6.45) is 4.16. The zero-order valence-electron chi connectivity index (χ0n) is 9.89. The number of hydrogen-bond donors (Lipinski definition) is 1. The number of aryl methyl sites for hydroxylation is 1. The normalized spacial score (nSPS) is 19.9. The van der Waals surface area contributed by atoms with Crippen molar-refractivity contribution >= 4 is 5.65 Å². The van der Waals surface area contributed by atoms with Crippen LogP contribution in [0.15, 0.2) is 18.3 Å². The number of ether oxygens (including phenoxy) is 1. The zero-order valence-corrected chi connectivity index (χ0v) is 9.89. The molecule has 0 amide bonds. The highest BCUT2D eigenvalue weighted by Crippen LogP contribution is 2.15. The van der Waals surface area contributed by atoms with E-state index in [1.54, 1.807) is 10.7 Å². The largest absolute Gasteiger partial charge is 0.476 e. The van der Waals surface area contributed by atoms with Crippen LogP contribution in [0, 0.1) is 6.92 Å². The SMILES string of the molecule is Cc1cc(OCC2CCCN2)n2nccc2n1. The van der Waals surface area contributed by atoms with E-state index in [1.807, 2.05) is 19.1 Å². The monoisotopic (exact) mass is 232 g/mol. The molecule has 1 aliphatic heterocycles. The van der Waals surface area contributed by atoms with Crippen molar-refractivity contribution < 1.29 is 4.74 Å². The number of aromatic nitrogens is 3. The van der Waals surface area contributed by atoms with Crippen molar-refractivity contribution in [3.05, 3.63) is 24.0 Å². The lowest BCUT2D eigenvalue weighted by molar-refractivity contribution is 0.261. The van der Waals surface area contributed by atoms with Crippen LogP contribution in [0.3, 0.4) is 0 Å². The summed E-state index contributed by atoms with van der Waals surface area (Å²) in [5.74, 6) is 0.770. The predicted molar refractivity (Wildman–Crippen MR) is 64.2 cm³/mol. The minimum Gasteiger partial charge on any atom is -0.476 e. The van der Waals surface area contributed by atoms with Gasteiger partial charge in [0.15, 0.2) is 5.65 Å². The molecule has 90 valence electrons. The fourth-order valence-corrected chi connectivity index (χ4v) is 2.19. The minimum atomic E-state index is 0.467. The maximum Gasteiger partial charge on any atom is 0.218 e. The van der Waals surface area contributed by atoms with Crippen molar-refractivity contribution in [3.63, 3.8) is 0 Å². The summed E-state index contributed by atoms with van der Waals surface area (Å²) < 4.78 is 7.58. The average molecular weight is 232 g/mol. The summed E-state index contributed by atoms with van der Waals surface area (Å²) in [6.45, 7) is 3.76. The van der Waals surface area contributed by atoms with Crippen LogP contribution in [0.4, 0.5) is 0 Å². The van der Waals surface area contributed by atoms with E-state index >= 15 is 0 Å². The Morgan fingerprint density at radius 1 is 1.59 bits per heavy atom. The molecular weight excluding hydrogens is 216 g/mol. The molecule has 17 heavy (non-hydrogen) atoms. The molecule has 0 aromatic carbocycles. The molecule has 2 aromatic rings. The third kappa shape index (κ3) is 2.10. The lowest BCUT2D eigenvalue weighted by Gasteiger charge is -2.13. The minimum absolute atomic E-state index is 0.467. The Hall–Kier alpha value is -1.62. The lowest BCUT2D eigenvalue weighted by Crippen LogP contribution is -2.28. The Bertz CT molecular complexity index is 516. The van der Waals surface area contributed by atoms with Gasteiger partial charge in [-0.2, -0.15) is 9.61 Å². The summed E-state index contributed by atoms with van der Waals surface area (Å²) in [4.78, 5) is 4.38. The smallest absolute Gasteiger partial charge is 0.218 e. The second-order valence-electron chi connectivity index (χ2n) is 4.44. The van der Waals surface area contributed by atoms with Crippen LogP contribution < -0.4 is 10.1 Å². The standard InChI is InChI=1S/C12H16N4O/c1-9-7-12(16-11(15-9)4-6-14-16)17-8-10-3-2-5-13-10/h4,6-7,10,13H,2-3,5,8H2,1H3. The van der Waals surface area contributed by atoms with Crippen LogP contribution in [0.1, 0.15) is 18.5 Å². The van der Waals surface area contributed by atoms with E-state index in [1.165, 1.54) is 12.8 Å². The molecule has 1 saturated heterocycles. The highest BCUT2D eigenvalue weighted by atomic mass is 16.5. The van der Waals surface area contributed by atoms with E-state index in [0.717, 1.165) is 23.8 Å². The van der Waals surface area contributed by atoms with E-state index in [2.05, 4.69) is 15.4 Å². The zero-order chi connectivity index (χ0) is 11.7. The predicted octanol–water partition coefficient (Wildman–Crippen LogP) is 1.17. The average Bonchev–Trinajstić information content (AvgIpc) is 2.95. The van der Waals surface area contributed by atoms with Gasteiger partial charge in [-0.15, -0.1) is 0 Å². The number of rotatable bonds is 3. The van der Waals surface area contributed by atoms with Gasteiger partial charge in [0.05, 0.1) is 6.20 Å². The molecule has 5 heteroatoms. The maximum atomic E-state index is 5.84. The van der Waals surface area contributed by atoms with Crippen molar-refractivity contribution in [2.75, 3.05) is 13.2 Å². The molecule has 1 N–H and O–H groups in total. The van der Waals surface area contributed by atoms with Crippen LogP contribution >= 0.6 is 0 Å². The number of hydrogen-bond acceptors (Lipinski definition) is 4. The van der Waals surface area contributed by atoms with Gasteiger partial charge in [0.1, 0.15) is 6.61 Å². The first-order valence-electron chi connectivity index (χ1n) is 6.00. The van der Waals surface area contributed by atoms with Crippen LogP contribution in [0.2, 0.25) is 0 Å². The van der Waals surface area contributed by atoms with Crippen molar-refractivity contribution in [1.29, 1.82) is 0 Å². The molecule has 0 spiro atoms. The first kappa shape index (κ1) is 10.5. The Labute approximate surface area is 99.8 Å². The van der Waals surface area contributed by atoms with Crippen LogP contribution in [-0.2, 0) is 0 Å².